The largest absolute Gasteiger partial charge is 0.376 e. The standard InChI is InChI=1S/C16H23N3O3S/c1-23(20,21)17-7-6-15-12-19(8-9-22-15)11-14-10-13-4-2-3-5-16(13)18-14/h2-5,10,15,17-18H,6-9,11-12H2,1H3/t15-/m0/s1. The molecule has 3 rings (SSSR count). The molecule has 0 aliphatic carbocycles. The smallest absolute Gasteiger partial charge is 0.208 e. The SMILES string of the molecule is CS(=O)(=O)NCC[C@H]1CN(Cc2cc3ccccc3[nH]2)CCO1. The molecule has 1 fully saturated rings. The maximum Gasteiger partial charge on any atom is 0.208 e. The first-order valence-corrected chi connectivity index (χ1v) is 9.74. The lowest BCUT2D eigenvalue weighted by molar-refractivity contribution is -0.0341. The molecule has 2 aromatic rings. The summed E-state index contributed by atoms with van der Waals surface area (Å²) in [6.45, 7) is 3.67. The highest BCUT2D eigenvalue weighted by atomic mass is 32.2. The van der Waals surface area contributed by atoms with Gasteiger partial charge in [-0.05, 0) is 23.9 Å². The third-order valence-electron chi connectivity index (χ3n) is 4.03. The molecule has 0 radical (unpaired) electrons. The molecule has 2 heterocycles. The molecule has 0 spiro atoms. The van der Waals surface area contributed by atoms with Gasteiger partial charge < -0.3 is 9.72 Å². The summed E-state index contributed by atoms with van der Waals surface area (Å²) in [5, 5.41) is 1.23. The minimum Gasteiger partial charge on any atom is -0.376 e. The maximum atomic E-state index is 11.1. The Morgan fingerprint density at radius 2 is 2.22 bits per heavy atom. The van der Waals surface area contributed by atoms with Crippen molar-refractivity contribution in [2.45, 2.75) is 19.1 Å². The summed E-state index contributed by atoms with van der Waals surface area (Å²) in [6, 6.07) is 10.4. The molecule has 0 saturated carbocycles. The van der Waals surface area contributed by atoms with Crippen LogP contribution in [0.5, 0.6) is 0 Å². The van der Waals surface area contributed by atoms with Crippen molar-refractivity contribution in [3.8, 4) is 0 Å². The molecule has 1 aromatic carbocycles. The van der Waals surface area contributed by atoms with Crippen LogP contribution in [0.1, 0.15) is 12.1 Å². The van der Waals surface area contributed by atoms with Crippen LogP contribution in [0.25, 0.3) is 10.9 Å². The van der Waals surface area contributed by atoms with Crippen LogP contribution in [-0.2, 0) is 21.3 Å². The van der Waals surface area contributed by atoms with Crippen molar-refractivity contribution in [2.75, 3.05) is 32.5 Å². The normalized spacial score (nSPS) is 20.1. The fraction of sp³-hybridized carbons (Fsp3) is 0.500. The van der Waals surface area contributed by atoms with E-state index in [2.05, 4.69) is 32.8 Å². The number of aromatic nitrogens is 1. The third kappa shape index (κ3) is 4.78. The molecule has 0 bridgehead atoms. The Kier molecular flexibility index (Phi) is 5.01. The first-order valence-electron chi connectivity index (χ1n) is 7.85. The maximum absolute atomic E-state index is 11.1. The summed E-state index contributed by atoms with van der Waals surface area (Å²) in [5.74, 6) is 0. The van der Waals surface area contributed by atoms with E-state index in [0.717, 1.165) is 25.2 Å². The van der Waals surface area contributed by atoms with Crippen LogP contribution in [0.15, 0.2) is 30.3 Å². The number of nitrogens with one attached hydrogen (secondary N) is 2. The summed E-state index contributed by atoms with van der Waals surface area (Å²) in [7, 11) is -3.13. The number of sulfonamides is 1. The van der Waals surface area contributed by atoms with E-state index in [1.165, 1.54) is 17.3 Å². The van der Waals surface area contributed by atoms with E-state index >= 15 is 0 Å². The van der Waals surface area contributed by atoms with Gasteiger partial charge in [0.1, 0.15) is 0 Å². The number of aromatic amines is 1. The van der Waals surface area contributed by atoms with Crippen molar-refractivity contribution in [3.05, 3.63) is 36.0 Å². The Bertz CT molecular complexity index is 724. The molecule has 6 nitrogen and oxygen atoms in total. The van der Waals surface area contributed by atoms with E-state index in [1.54, 1.807) is 0 Å². The number of benzene rings is 1. The van der Waals surface area contributed by atoms with Crippen molar-refractivity contribution in [1.82, 2.24) is 14.6 Å². The highest BCUT2D eigenvalue weighted by Crippen LogP contribution is 2.17. The number of fused-ring (bicyclic) bond motifs is 1. The van der Waals surface area contributed by atoms with Gasteiger partial charge in [0.05, 0.1) is 19.0 Å². The molecule has 23 heavy (non-hydrogen) atoms. The van der Waals surface area contributed by atoms with Crippen LogP contribution < -0.4 is 4.72 Å². The molecular formula is C16H23N3O3S. The number of H-pyrrole nitrogens is 1. The number of morpholine rings is 1. The Morgan fingerprint density at radius 1 is 1.39 bits per heavy atom. The van der Waals surface area contributed by atoms with Gasteiger partial charge in [-0.1, -0.05) is 18.2 Å². The van der Waals surface area contributed by atoms with Crippen LogP contribution in [0.2, 0.25) is 0 Å². The molecule has 1 atom stereocenters. The van der Waals surface area contributed by atoms with E-state index in [-0.39, 0.29) is 6.10 Å². The second-order valence-electron chi connectivity index (χ2n) is 6.06. The molecule has 2 N–H and O–H groups in total. The van der Waals surface area contributed by atoms with Gasteiger partial charge in [-0.3, -0.25) is 4.90 Å². The zero-order valence-electron chi connectivity index (χ0n) is 13.3. The molecule has 1 saturated heterocycles. The summed E-state index contributed by atoms with van der Waals surface area (Å²) in [4.78, 5) is 5.79. The predicted molar refractivity (Wildman–Crippen MR) is 90.8 cm³/mol. The first kappa shape index (κ1) is 16.4. The van der Waals surface area contributed by atoms with Gasteiger partial charge in [0.15, 0.2) is 0 Å². The van der Waals surface area contributed by atoms with E-state index in [4.69, 9.17) is 4.74 Å². The van der Waals surface area contributed by atoms with Crippen LogP contribution in [-0.4, -0.2) is 56.9 Å². The van der Waals surface area contributed by atoms with Crippen LogP contribution >= 0.6 is 0 Å². The van der Waals surface area contributed by atoms with Gasteiger partial charge in [0.25, 0.3) is 0 Å². The monoisotopic (exact) mass is 337 g/mol. The Hall–Kier alpha value is -1.41. The van der Waals surface area contributed by atoms with Crippen molar-refractivity contribution in [3.63, 3.8) is 0 Å². The van der Waals surface area contributed by atoms with Crippen molar-refractivity contribution < 1.29 is 13.2 Å². The average molecular weight is 337 g/mol. The number of nitrogens with zero attached hydrogens (tertiary/aromatic N) is 1. The van der Waals surface area contributed by atoms with Gasteiger partial charge in [0, 0.05) is 37.4 Å². The zero-order chi connectivity index (χ0) is 16.3. The molecule has 1 aromatic heterocycles. The third-order valence-corrected chi connectivity index (χ3v) is 4.76. The molecule has 7 heteroatoms. The van der Waals surface area contributed by atoms with Crippen molar-refractivity contribution in [2.24, 2.45) is 0 Å². The van der Waals surface area contributed by atoms with Crippen LogP contribution in [0.4, 0.5) is 0 Å². The summed E-state index contributed by atoms with van der Waals surface area (Å²) < 4.78 is 30.4. The van der Waals surface area contributed by atoms with Gasteiger partial charge in [-0.2, -0.15) is 0 Å². The lowest BCUT2D eigenvalue weighted by Crippen LogP contribution is -2.43. The highest BCUT2D eigenvalue weighted by molar-refractivity contribution is 7.88. The van der Waals surface area contributed by atoms with Crippen LogP contribution in [0, 0.1) is 0 Å². The molecule has 126 valence electrons. The fourth-order valence-corrected chi connectivity index (χ4v) is 3.45. The highest BCUT2D eigenvalue weighted by Gasteiger charge is 2.21. The van der Waals surface area contributed by atoms with Crippen molar-refractivity contribution in [1.29, 1.82) is 0 Å². The Morgan fingerprint density at radius 3 is 3.00 bits per heavy atom. The summed E-state index contributed by atoms with van der Waals surface area (Å²) in [6.07, 6.45) is 1.94. The minimum absolute atomic E-state index is 0.0716. The number of rotatable bonds is 6. The molecule has 1 aliphatic heterocycles. The second kappa shape index (κ2) is 7.00. The predicted octanol–water partition coefficient (Wildman–Crippen LogP) is 1.31. The van der Waals surface area contributed by atoms with Crippen LogP contribution in [0.3, 0.4) is 0 Å². The second-order valence-corrected chi connectivity index (χ2v) is 7.90. The number of ether oxygens (including phenoxy) is 1. The first-order chi connectivity index (χ1) is 11.0. The van der Waals surface area contributed by atoms with Crippen molar-refractivity contribution >= 4 is 20.9 Å². The minimum atomic E-state index is -3.13. The number of para-hydroxylation sites is 1. The summed E-state index contributed by atoms with van der Waals surface area (Å²) in [5.41, 5.74) is 2.35. The molecule has 0 unspecified atom stereocenters. The van der Waals surface area contributed by atoms with Gasteiger partial charge in [0.2, 0.25) is 10.0 Å². The van der Waals surface area contributed by atoms with E-state index in [9.17, 15) is 8.42 Å². The van der Waals surface area contributed by atoms with Gasteiger partial charge in [-0.25, -0.2) is 13.1 Å². The lowest BCUT2D eigenvalue weighted by Gasteiger charge is -2.32. The molecular weight excluding hydrogens is 314 g/mol. The molecule has 0 amide bonds. The van der Waals surface area contributed by atoms with E-state index in [0.29, 0.717) is 19.6 Å². The zero-order valence-corrected chi connectivity index (χ0v) is 14.1. The topological polar surface area (TPSA) is 74.4 Å². The van der Waals surface area contributed by atoms with E-state index < -0.39 is 10.0 Å². The fourth-order valence-electron chi connectivity index (χ4n) is 2.96. The van der Waals surface area contributed by atoms with Gasteiger partial charge >= 0.3 is 0 Å². The average Bonchev–Trinajstić information content (AvgIpc) is 2.88. The van der Waals surface area contributed by atoms with Gasteiger partial charge in [-0.15, -0.1) is 0 Å². The van der Waals surface area contributed by atoms with E-state index in [1.807, 2.05) is 12.1 Å². The Labute approximate surface area is 136 Å². The Balaban J connectivity index is 1.54. The lowest BCUT2D eigenvalue weighted by atomic mass is 10.2. The molecule has 1 aliphatic rings. The quantitative estimate of drug-likeness (QED) is 0.833. The summed E-state index contributed by atoms with van der Waals surface area (Å²) >= 11 is 0. The number of hydrogen-bond acceptors (Lipinski definition) is 4. The number of hydrogen-bond donors (Lipinski definition) is 2.